The van der Waals surface area contributed by atoms with E-state index in [1.807, 2.05) is 0 Å². The number of nitro groups is 1. The fourth-order valence-corrected chi connectivity index (χ4v) is 4.75. The number of rotatable bonds is 7. The Morgan fingerprint density at radius 2 is 1.84 bits per heavy atom. The minimum absolute atomic E-state index is 0.0656. The highest BCUT2D eigenvalue weighted by molar-refractivity contribution is 7.99. The second kappa shape index (κ2) is 9.47. The third kappa shape index (κ3) is 5.31. The molecule has 0 saturated heterocycles. The zero-order chi connectivity index (χ0) is 23.5. The Morgan fingerprint density at radius 1 is 1.12 bits per heavy atom. The summed E-state index contributed by atoms with van der Waals surface area (Å²) < 4.78 is 37.9. The zero-order valence-electron chi connectivity index (χ0n) is 16.7. The normalized spacial score (nSPS) is 11.2. The Hall–Kier alpha value is -3.28. The Bertz CT molecular complexity index is 1310. The summed E-state index contributed by atoms with van der Waals surface area (Å²) in [5, 5.41) is 19.0. The summed E-state index contributed by atoms with van der Waals surface area (Å²) in [7, 11) is -4.03. The smallest absolute Gasteiger partial charge is 0.270 e. The largest absolute Gasteiger partial charge is 0.322 e. The topological polar surface area (TPSA) is 132 Å². The number of non-ortho nitro benzene ring substituents is 1. The van der Waals surface area contributed by atoms with Crippen LogP contribution in [-0.2, 0) is 16.4 Å². The van der Waals surface area contributed by atoms with Crippen LogP contribution in [0.4, 0.5) is 15.8 Å². The second-order valence-electron chi connectivity index (χ2n) is 6.65. The van der Waals surface area contributed by atoms with Crippen molar-refractivity contribution >= 4 is 39.1 Å². The van der Waals surface area contributed by atoms with E-state index >= 15 is 0 Å². The molecule has 1 amide bonds. The van der Waals surface area contributed by atoms with E-state index in [0.717, 1.165) is 17.8 Å². The molecule has 0 heterocycles. The Morgan fingerprint density at radius 3 is 2.47 bits per heavy atom. The van der Waals surface area contributed by atoms with Gasteiger partial charge in [-0.15, -0.1) is 0 Å². The standard InChI is InChI=1S/C21H18FN3O5S2/c1-2-13-7-8-14(11-20(13)32(23,29)30)24-21(26)16-12-15(25(27)28)9-10-18(16)31-19-6-4-3-5-17(19)22/h3-12H,2H2,1H3,(H,24,26)(H2,23,29,30). The number of hydrogen-bond acceptors (Lipinski definition) is 6. The Kier molecular flexibility index (Phi) is 6.92. The molecular formula is C21H18FN3O5S2. The number of hydrogen-bond donors (Lipinski definition) is 2. The van der Waals surface area contributed by atoms with Gasteiger partial charge in [0.25, 0.3) is 11.6 Å². The monoisotopic (exact) mass is 475 g/mol. The number of halogens is 1. The Labute approximate surface area is 187 Å². The van der Waals surface area contributed by atoms with Gasteiger partial charge in [0.05, 0.1) is 15.4 Å². The molecule has 32 heavy (non-hydrogen) atoms. The summed E-state index contributed by atoms with van der Waals surface area (Å²) in [6, 6.07) is 13.8. The van der Waals surface area contributed by atoms with Gasteiger partial charge < -0.3 is 5.32 Å². The molecule has 0 aliphatic carbocycles. The van der Waals surface area contributed by atoms with Crippen molar-refractivity contribution in [1.82, 2.24) is 0 Å². The van der Waals surface area contributed by atoms with Crippen LogP contribution in [-0.4, -0.2) is 19.2 Å². The number of anilines is 1. The van der Waals surface area contributed by atoms with Crippen molar-refractivity contribution in [2.45, 2.75) is 28.0 Å². The number of carbonyl (C=O) groups is 1. The minimum atomic E-state index is -4.03. The first-order valence-corrected chi connectivity index (χ1v) is 11.6. The molecule has 0 bridgehead atoms. The van der Waals surface area contributed by atoms with Gasteiger partial charge in [-0.3, -0.25) is 14.9 Å². The number of nitrogens with one attached hydrogen (secondary N) is 1. The predicted molar refractivity (Wildman–Crippen MR) is 119 cm³/mol. The van der Waals surface area contributed by atoms with Gasteiger partial charge in [0.1, 0.15) is 5.82 Å². The van der Waals surface area contributed by atoms with Crippen molar-refractivity contribution in [1.29, 1.82) is 0 Å². The molecule has 0 unspecified atom stereocenters. The van der Waals surface area contributed by atoms with Crippen LogP contribution >= 0.6 is 11.8 Å². The van der Waals surface area contributed by atoms with E-state index in [-0.39, 0.29) is 31.6 Å². The van der Waals surface area contributed by atoms with E-state index in [2.05, 4.69) is 5.32 Å². The maximum atomic E-state index is 14.1. The lowest BCUT2D eigenvalue weighted by Crippen LogP contribution is -2.17. The summed E-state index contributed by atoms with van der Waals surface area (Å²) in [4.78, 5) is 23.9. The highest BCUT2D eigenvalue weighted by Crippen LogP contribution is 2.34. The van der Waals surface area contributed by atoms with Gasteiger partial charge in [-0.1, -0.05) is 36.9 Å². The summed E-state index contributed by atoms with van der Waals surface area (Å²) in [5.41, 5.74) is 0.241. The number of carbonyl (C=O) groups excluding carboxylic acids is 1. The molecule has 0 aliphatic rings. The van der Waals surface area contributed by atoms with Gasteiger partial charge >= 0.3 is 0 Å². The van der Waals surface area contributed by atoms with E-state index in [9.17, 15) is 27.7 Å². The van der Waals surface area contributed by atoms with Crippen molar-refractivity contribution < 1.29 is 22.5 Å². The van der Waals surface area contributed by atoms with Gasteiger partial charge in [0, 0.05) is 27.6 Å². The molecule has 0 spiro atoms. The molecule has 3 N–H and O–H groups in total. The van der Waals surface area contributed by atoms with Crippen LogP contribution in [0, 0.1) is 15.9 Å². The summed E-state index contributed by atoms with van der Waals surface area (Å²) in [6.07, 6.45) is 0.411. The number of amides is 1. The second-order valence-corrected chi connectivity index (χ2v) is 9.26. The lowest BCUT2D eigenvalue weighted by Gasteiger charge is -2.12. The van der Waals surface area contributed by atoms with E-state index < -0.39 is 26.7 Å². The van der Waals surface area contributed by atoms with Gasteiger partial charge in [-0.05, 0) is 42.3 Å². The average Bonchev–Trinajstić information content (AvgIpc) is 2.74. The van der Waals surface area contributed by atoms with Crippen LogP contribution in [0.2, 0.25) is 0 Å². The van der Waals surface area contributed by atoms with Crippen LogP contribution in [0.3, 0.4) is 0 Å². The number of nitro benzene ring substituents is 1. The number of aryl methyl sites for hydroxylation is 1. The molecule has 8 nitrogen and oxygen atoms in total. The molecule has 166 valence electrons. The van der Waals surface area contributed by atoms with Crippen molar-refractivity contribution in [3.8, 4) is 0 Å². The molecule has 0 atom stereocenters. The lowest BCUT2D eigenvalue weighted by molar-refractivity contribution is -0.384. The molecule has 0 aliphatic heterocycles. The fourth-order valence-electron chi connectivity index (χ4n) is 2.93. The van der Waals surface area contributed by atoms with Crippen LogP contribution in [0.5, 0.6) is 0 Å². The highest BCUT2D eigenvalue weighted by atomic mass is 32.2. The molecule has 0 radical (unpaired) electrons. The molecule has 0 saturated carbocycles. The molecule has 0 fully saturated rings. The quantitative estimate of drug-likeness (QED) is 0.386. The van der Waals surface area contributed by atoms with Crippen LogP contribution in [0.15, 0.2) is 75.4 Å². The maximum Gasteiger partial charge on any atom is 0.270 e. The van der Waals surface area contributed by atoms with Crippen molar-refractivity contribution in [3.63, 3.8) is 0 Å². The van der Waals surface area contributed by atoms with E-state index in [1.165, 1.54) is 48.5 Å². The van der Waals surface area contributed by atoms with Gasteiger partial charge in [-0.25, -0.2) is 17.9 Å². The SMILES string of the molecule is CCc1ccc(NC(=O)c2cc([N+](=O)[O-])ccc2Sc2ccccc2F)cc1S(N)(=O)=O. The van der Waals surface area contributed by atoms with Gasteiger partial charge in [0.2, 0.25) is 10.0 Å². The lowest BCUT2D eigenvalue weighted by atomic mass is 10.1. The van der Waals surface area contributed by atoms with Gasteiger partial charge in [-0.2, -0.15) is 0 Å². The molecule has 0 aromatic heterocycles. The van der Waals surface area contributed by atoms with E-state index in [0.29, 0.717) is 12.0 Å². The van der Waals surface area contributed by atoms with Crippen molar-refractivity contribution in [2.75, 3.05) is 5.32 Å². The summed E-state index contributed by atoms with van der Waals surface area (Å²) in [5.74, 6) is -1.23. The predicted octanol–water partition coefficient (Wildman–Crippen LogP) is 4.35. The summed E-state index contributed by atoms with van der Waals surface area (Å²) in [6.45, 7) is 1.76. The molecule has 3 aromatic rings. The minimum Gasteiger partial charge on any atom is -0.322 e. The van der Waals surface area contributed by atoms with Crippen molar-refractivity contribution in [3.05, 3.63) is 87.7 Å². The van der Waals surface area contributed by atoms with Crippen molar-refractivity contribution in [2.24, 2.45) is 5.14 Å². The number of nitrogens with two attached hydrogens (primary N) is 1. The third-order valence-electron chi connectivity index (χ3n) is 4.49. The number of sulfonamides is 1. The molecule has 3 rings (SSSR count). The van der Waals surface area contributed by atoms with E-state index in [1.54, 1.807) is 13.0 Å². The average molecular weight is 476 g/mol. The molecular weight excluding hydrogens is 457 g/mol. The maximum absolute atomic E-state index is 14.1. The summed E-state index contributed by atoms with van der Waals surface area (Å²) >= 11 is 0.939. The molecule has 11 heteroatoms. The van der Waals surface area contributed by atoms with E-state index in [4.69, 9.17) is 5.14 Å². The first-order chi connectivity index (χ1) is 15.1. The molecule has 3 aromatic carbocycles. The number of primary sulfonamides is 1. The first kappa shape index (κ1) is 23.4. The van der Waals surface area contributed by atoms with Crippen LogP contribution in [0.25, 0.3) is 0 Å². The third-order valence-corrected chi connectivity index (χ3v) is 6.61. The Balaban J connectivity index is 2.00. The number of benzene rings is 3. The number of nitrogens with zero attached hydrogens (tertiary/aromatic N) is 1. The fraction of sp³-hybridized carbons (Fsp3) is 0.0952. The zero-order valence-corrected chi connectivity index (χ0v) is 18.4. The first-order valence-electron chi connectivity index (χ1n) is 9.28. The van der Waals surface area contributed by atoms with Crippen LogP contribution in [0.1, 0.15) is 22.8 Å². The highest BCUT2D eigenvalue weighted by Gasteiger charge is 2.20. The van der Waals surface area contributed by atoms with Gasteiger partial charge in [0.15, 0.2) is 0 Å². The van der Waals surface area contributed by atoms with Crippen LogP contribution < -0.4 is 10.5 Å².